The molecule has 3 nitrogen and oxygen atoms in total. The van der Waals surface area contributed by atoms with Crippen LogP contribution in [0.1, 0.15) is 23.9 Å². The molecular weight excluding hydrogens is 287 g/mol. The van der Waals surface area contributed by atoms with Crippen LogP contribution in [0.25, 0.3) is 0 Å². The predicted molar refractivity (Wildman–Crippen MR) is 72.9 cm³/mol. The van der Waals surface area contributed by atoms with E-state index in [-0.39, 0.29) is 0 Å². The van der Waals surface area contributed by atoms with Crippen molar-refractivity contribution >= 4 is 16.7 Å². The van der Waals surface area contributed by atoms with Crippen molar-refractivity contribution in [1.82, 2.24) is 9.36 Å². The average molecular weight is 301 g/mol. The molecule has 0 aliphatic heterocycles. The summed E-state index contributed by atoms with van der Waals surface area (Å²) in [6.45, 7) is 2.59. The summed E-state index contributed by atoms with van der Waals surface area (Å²) in [5, 5.41) is 3.86. The van der Waals surface area contributed by atoms with Gasteiger partial charge >= 0.3 is 6.18 Å². The predicted octanol–water partition coefficient (Wildman–Crippen LogP) is 3.77. The summed E-state index contributed by atoms with van der Waals surface area (Å²) >= 11 is 1.29. The number of hydrogen-bond acceptors (Lipinski definition) is 4. The number of benzene rings is 1. The van der Waals surface area contributed by atoms with Gasteiger partial charge in [-0.15, -0.1) is 0 Å². The third-order valence-electron chi connectivity index (χ3n) is 2.76. The molecule has 0 fully saturated rings. The summed E-state index contributed by atoms with van der Waals surface area (Å²) in [5.41, 5.74) is 0.233. The number of aromatic nitrogens is 2. The van der Waals surface area contributed by atoms with Crippen LogP contribution in [0.4, 0.5) is 18.3 Å². The first-order valence-corrected chi connectivity index (χ1v) is 6.99. The summed E-state index contributed by atoms with van der Waals surface area (Å²) in [5.74, 6) is 0.798. The molecule has 20 heavy (non-hydrogen) atoms. The van der Waals surface area contributed by atoms with Crippen LogP contribution in [0, 0.1) is 0 Å². The molecule has 1 N–H and O–H groups in total. The third kappa shape index (κ3) is 3.93. The van der Waals surface area contributed by atoms with Crippen LogP contribution in [0.3, 0.4) is 0 Å². The first kappa shape index (κ1) is 14.8. The van der Waals surface area contributed by atoms with Crippen LogP contribution in [0.2, 0.25) is 0 Å². The van der Waals surface area contributed by atoms with E-state index in [4.69, 9.17) is 0 Å². The summed E-state index contributed by atoms with van der Waals surface area (Å²) < 4.78 is 41.3. The summed E-state index contributed by atoms with van der Waals surface area (Å²) in [6, 6.07) is 5.22. The van der Waals surface area contributed by atoms with Gasteiger partial charge in [-0.05, 0) is 24.1 Å². The lowest BCUT2D eigenvalue weighted by atomic mass is 10.1. The standard InChI is InChI=1S/C13H14F3N3S/c1-2-11-18-12(20-19-11)17-8-7-9-3-5-10(6-4-9)13(14,15)16/h3-6H,2,7-8H2,1H3,(H,17,18,19). The molecular formula is C13H14F3N3S. The van der Waals surface area contributed by atoms with Crippen molar-refractivity contribution in [1.29, 1.82) is 0 Å². The van der Waals surface area contributed by atoms with Crippen LogP contribution in [0.5, 0.6) is 0 Å². The second-order valence-corrected chi connectivity index (χ2v) is 4.99. The highest BCUT2D eigenvalue weighted by atomic mass is 32.1. The van der Waals surface area contributed by atoms with E-state index in [2.05, 4.69) is 14.7 Å². The molecule has 7 heteroatoms. The number of anilines is 1. The number of rotatable bonds is 5. The Balaban J connectivity index is 1.85. The van der Waals surface area contributed by atoms with Crippen molar-refractivity contribution in [3.63, 3.8) is 0 Å². The Hall–Kier alpha value is -1.63. The maximum Gasteiger partial charge on any atom is 0.416 e. The largest absolute Gasteiger partial charge is 0.416 e. The number of alkyl halides is 3. The molecule has 0 aliphatic rings. The third-order valence-corrected chi connectivity index (χ3v) is 3.47. The van der Waals surface area contributed by atoms with Crippen molar-refractivity contribution < 1.29 is 13.2 Å². The Morgan fingerprint density at radius 3 is 2.45 bits per heavy atom. The van der Waals surface area contributed by atoms with Crippen LogP contribution >= 0.6 is 11.5 Å². The van der Waals surface area contributed by atoms with Gasteiger partial charge in [0.05, 0.1) is 5.56 Å². The minimum atomic E-state index is -4.28. The zero-order chi connectivity index (χ0) is 14.6. The van der Waals surface area contributed by atoms with Crippen molar-refractivity contribution in [2.24, 2.45) is 0 Å². The van der Waals surface area contributed by atoms with Crippen molar-refractivity contribution in [2.45, 2.75) is 25.9 Å². The van der Waals surface area contributed by atoms with Crippen LogP contribution < -0.4 is 5.32 Å². The molecule has 0 bridgehead atoms. The first-order valence-electron chi connectivity index (χ1n) is 6.21. The van der Waals surface area contributed by atoms with E-state index in [1.54, 1.807) is 0 Å². The molecule has 0 atom stereocenters. The average Bonchev–Trinajstić information content (AvgIpc) is 2.86. The highest BCUT2D eigenvalue weighted by molar-refractivity contribution is 7.09. The SMILES string of the molecule is CCc1nsc(NCCc2ccc(C(F)(F)F)cc2)n1. The zero-order valence-corrected chi connectivity index (χ0v) is 11.7. The maximum atomic E-state index is 12.4. The molecule has 0 amide bonds. The Morgan fingerprint density at radius 1 is 1.20 bits per heavy atom. The van der Waals surface area contributed by atoms with Gasteiger partial charge in [-0.25, -0.2) is 4.98 Å². The molecule has 1 heterocycles. The summed E-state index contributed by atoms with van der Waals surface area (Å²) in [4.78, 5) is 4.25. The van der Waals surface area contributed by atoms with E-state index < -0.39 is 11.7 Å². The van der Waals surface area contributed by atoms with E-state index in [9.17, 15) is 13.2 Å². The van der Waals surface area contributed by atoms with Gasteiger partial charge in [0, 0.05) is 24.5 Å². The zero-order valence-electron chi connectivity index (χ0n) is 10.9. The molecule has 108 valence electrons. The van der Waals surface area contributed by atoms with Gasteiger partial charge in [0.2, 0.25) is 5.13 Å². The molecule has 0 saturated carbocycles. The monoisotopic (exact) mass is 301 g/mol. The lowest BCUT2D eigenvalue weighted by Crippen LogP contribution is -2.07. The van der Waals surface area contributed by atoms with Gasteiger partial charge in [-0.3, -0.25) is 0 Å². The highest BCUT2D eigenvalue weighted by Gasteiger charge is 2.29. The molecule has 2 rings (SSSR count). The summed E-state index contributed by atoms with van der Waals surface area (Å²) in [7, 11) is 0. The second-order valence-electron chi connectivity index (χ2n) is 4.24. The Bertz CT molecular complexity index is 549. The lowest BCUT2D eigenvalue weighted by molar-refractivity contribution is -0.137. The fourth-order valence-corrected chi connectivity index (χ4v) is 2.32. The molecule has 2 aromatic rings. The first-order chi connectivity index (χ1) is 9.49. The van der Waals surface area contributed by atoms with Crippen molar-refractivity contribution in [3.8, 4) is 0 Å². The second kappa shape index (κ2) is 6.21. The van der Waals surface area contributed by atoms with Gasteiger partial charge in [-0.1, -0.05) is 19.1 Å². The van der Waals surface area contributed by atoms with Gasteiger partial charge in [0.25, 0.3) is 0 Å². The van der Waals surface area contributed by atoms with Gasteiger partial charge < -0.3 is 5.32 Å². The van der Waals surface area contributed by atoms with Crippen molar-refractivity contribution in [2.75, 3.05) is 11.9 Å². The quantitative estimate of drug-likeness (QED) is 0.913. The van der Waals surface area contributed by atoms with E-state index >= 15 is 0 Å². The number of aryl methyl sites for hydroxylation is 1. The van der Waals surface area contributed by atoms with E-state index in [1.165, 1.54) is 23.7 Å². The number of halogens is 3. The molecule has 1 aromatic carbocycles. The van der Waals surface area contributed by atoms with Crippen LogP contribution in [-0.2, 0) is 19.0 Å². The minimum absolute atomic E-state index is 0.615. The molecule has 0 spiro atoms. The van der Waals surface area contributed by atoms with E-state index in [0.717, 1.165) is 35.1 Å². The minimum Gasteiger partial charge on any atom is -0.360 e. The molecule has 0 unspecified atom stereocenters. The Labute approximate surface area is 119 Å². The van der Waals surface area contributed by atoms with Gasteiger partial charge in [0.1, 0.15) is 5.82 Å². The maximum absolute atomic E-state index is 12.4. The summed E-state index contributed by atoms with van der Waals surface area (Å²) in [6.07, 6.45) is -2.85. The number of nitrogens with zero attached hydrogens (tertiary/aromatic N) is 2. The fourth-order valence-electron chi connectivity index (χ4n) is 1.64. The number of hydrogen-bond donors (Lipinski definition) is 1. The van der Waals surface area contributed by atoms with E-state index in [1.807, 2.05) is 6.92 Å². The van der Waals surface area contributed by atoms with E-state index in [0.29, 0.717) is 13.0 Å². The van der Waals surface area contributed by atoms with Gasteiger partial charge in [-0.2, -0.15) is 17.5 Å². The topological polar surface area (TPSA) is 37.8 Å². The van der Waals surface area contributed by atoms with Gasteiger partial charge in [0.15, 0.2) is 0 Å². The number of nitrogens with one attached hydrogen (secondary N) is 1. The fraction of sp³-hybridized carbons (Fsp3) is 0.385. The molecule has 0 aliphatic carbocycles. The lowest BCUT2D eigenvalue weighted by Gasteiger charge is -2.07. The van der Waals surface area contributed by atoms with Crippen molar-refractivity contribution in [3.05, 3.63) is 41.2 Å². The normalized spacial score (nSPS) is 11.6. The van der Waals surface area contributed by atoms with Crippen LogP contribution in [0.15, 0.2) is 24.3 Å². The smallest absolute Gasteiger partial charge is 0.360 e. The Morgan fingerprint density at radius 2 is 1.90 bits per heavy atom. The highest BCUT2D eigenvalue weighted by Crippen LogP contribution is 2.29. The Kier molecular flexibility index (Phi) is 4.59. The molecule has 1 aromatic heterocycles. The molecule has 0 saturated heterocycles. The molecule has 0 radical (unpaired) electrons. The van der Waals surface area contributed by atoms with Crippen LogP contribution in [-0.4, -0.2) is 15.9 Å².